The van der Waals surface area contributed by atoms with Crippen LogP contribution in [0, 0.1) is 5.92 Å². The molecule has 7 heteroatoms. The molecule has 1 atom stereocenters. The number of pyridine rings is 1. The maximum absolute atomic E-state index is 11.7. The van der Waals surface area contributed by atoms with Crippen LogP contribution in [0.3, 0.4) is 0 Å². The summed E-state index contributed by atoms with van der Waals surface area (Å²) in [5, 5.41) is 15.5. The number of aryl methyl sites for hydroxylation is 1. The Hall–Kier alpha value is -2.57. The highest BCUT2D eigenvalue weighted by Crippen LogP contribution is 2.27. The van der Waals surface area contributed by atoms with Gasteiger partial charge in [-0.3, -0.25) is 14.4 Å². The topological polar surface area (TPSA) is 100 Å². The number of nitrogens with one attached hydrogen (secondary N) is 2. The molecule has 3 N–H and O–H groups in total. The highest BCUT2D eigenvalue weighted by atomic mass is 16.3. The molecule has 0 unspecified atom stereocenters. The molecule has 0 fully saturated rings. The lowest BCUT2D eigenvalue weighted by Gasteiger charge is -2.22. The maximum Gasteiger partial charge on any atom is 0.254 e. The molecule has 0 radical (unpaired) electrons. The maximum atomic E-state index is 11.7. The van der Waals surface area contributed by atoms with E-state index >= 15 is 0 Å². The van der Waals surface area contributed by atoms with E-state index in [1.54, 1.807) is 0 Å². The molecule has 118 valence electrons. The summed E-state index contributed by atoms with van der Waals surface area (Å²) in [6, 6.07) is 1.05. The molecular formula is C15H19N3O4. The minimum Gasteiger partial charge on any atom is -0.506 e. The third kappa shape index (κ3) is 2.74. The normalized spacial score (nSPS) is 12.6. The van der Waals surface area contributed by atoms with Gasteiger partial charge in [-0.15, -0.1) is 0 Å². The summed E-state index contributed by atoms with van der Waals surface area (Å²) in [5.41, 5.74) is -1.11. The molecule has 0 saturated heterocycles. The van der Waals surface area contributed by atoms with E-state index < -0.39 is 10.9 Å². The van der Waals surface area contributed by atoms with Gasteiger partial charge < -0.3 is 20.3 Å². The highest BCUT2D eigenvalue weighted by molar-refractivity contribution is 5.80. The van der Waals surface area contributed by atoms with Gasteiger partial charge in [-0.1, -0.05) is 13.8 Å². The van der Waals surface area contributed by atoms with Crippen molar-refractivity contribution in [2.75, 3.05) is 10.6 Å². The van der Waals surface area contributed by atoms with E-state index in [-0.39, 0.29) is 40.3 Å². The van der Waals surface area contributed by atoms with Crippen molar-refractivity contribution < 1.29 is 5.11 Å². The van der Waals surface area contributed by atoms with Crippen LogP contribution in [0.15, 0.2) is 26.6 Å². The van der Waals surface area contributed by atoms with E-state index in [1.165, 1.54) is 17.8 Å². The van der Waals surface area contributed by atoms with Crippen LogP contribution >= 0.6 is 0 Å². The fraction of sp³-hybridized carbons (Fsp3) is 0.400. The summed E-state index contributed by atoms with van der Waals surface area (Å²) in [6.07, 6.45) is 1.37. The molecule has 2 aromatic rings. The molecule has 0 aliphatic carbocycles. The lowest BCUT2D eigenvalue weighted by Crippen LogP contribution is -2.39. The minimum absolute atomic E-state index is 0.0116. The number of hydrogen-bond acceptors (Lipinski definition) is 6. The van der Waals surface area contributed by atoms with Crippen LogP contribution in [0.5, 0.6) is 5.75 Å². The van der Waals surface area contributed by atoms with Gasteiger partial charge in [0.2, 0.25) is 0 Å². The number of anilines is 3. The molecule has 0 aliphatic rings. The van der Waals surface area contributed by atoms with Crippen molar-refractivity contribution in [2.45, 2.75) is 26.8 Å². The first-order chi connectivity index (χ1) is 10.2. The Bertz CT molecular complexity index is 828. The predicted molar refractivity (Wildman–Crippen MR) is 85.9 cm³/mol. The van der Waals surface area contributed by atoms with E-state index in [0.717, 1.165) is 6.07 Å². The zero-order chi connectivity index (χ0) is 16.6. The molecule has 1 aromatic heterocycles. The van der Waals surface area contributed by atoms with Crippen LogP contribution in [0.25, 0.3) is 0 Å². The first-order valence-electron chi connectivity index (χ1n) is 6.99. The van der Waals surface area contributed by atoms with E-state index in [4.69, 9.17) is 0 Å². The number of aromatic hydroxyl groups is 1. The van der Waals surface area contributed by atoms with E-state index in [2.05, 4.69) is 10.6 Å². The Morgan fingerprint density at radius 3 is 2.27 bits per heavy atom. The van der Waals surface area contributed by atoms with Crippen molar-refractivity contribution >= 4 is 17.1 Å². The summed E-state index contributed by atoms with van der Waals surface area (Å²) in [4.78, 5) is 34.8. The third-order valence-corrected chi connectivity index (χ3v) is 3.75. The van der Waals surface area contributed by atoms with Gasteiger partial charge in [-0.2, -0.15) is 0 Å². The third-order valence-electron chi connectivity index (χ3n) is 3.75. The molecule has 0 spiro atoms. The Labute approximate surface area is 126 Å². The van der Waals surface area contributed by atoms with Gasteiger partial charge in [0.05, 0.1) is 5.69 Å². The smallest absolute Gasteiger partial charge is 0.254 e. The van der Waals surface area contributed by atoms with Gasteiger partial charge in [0.1, 0.15) is 17.1 Å². The largest absolute Gasteiger partial charge is 0.506 e. The van der Waals surface area contributed by atoms with E-state index in [9.17, 15) is 19.5 Å². The second kappa shape index (κ2) is 5.67. The monoisotopic (exact) mass is 305 g/mol. The number of nitrogens with zero attached hydrogens (tertiary/aromatic N) is 1. The average molecular weight is 305 g/mol. The standard InChI is InChI=1S/C15H19N3O4/c1-7(2)8(3)16-12-13(15(22)14(12)21)17-9-6-18(4)11(20)5-10(9)19/h5-8,16-17,19H,1-4H3/t8-/m0/s1. The highest BCUT2D eigenvalue weighted by Gasteiger charge is 2.24. The Balaban J connectivity index is 2.34. The van der Waals surface area contributed by atoms with Gasteiger partial charge in [0, 0.05) is 25.4 Å². The lowest BCUT2D eigenvalue weighted by atomic mass is 10.0. The Morgan fingerprint density at radius 1 is 1.09 bits per heavy atom. The fourth-order valence-corrected chi connectivity index (χ4v) is 1.89. The zero-order valence-corrected chi connectivity index (χ0v) is 12.9. The van der Waals surface area contributed by atoms with Crippen molar-refractivity contribution in [2.24, 2.45) is 13.0 Å². The summed E-state index contributed by atoms with van der Waals surface area (Å²) in [5.74, 6) is 0.00205. The summed E-state index contributed by atoms with van der Waals surface area (Å²) >= 11 is 0. The second-order valence-electron chi connectivity index (χ2n) is 5.73. The molecule has 7 nitrogen and oxygen atoms in total. The van der Waals surface area contributed by atoms with Crippen LogP contribution in [0.1, 0.15) is 20.8 Å². The zero-order valence-electron chi connectivity index (χ0n) is 12.9. The first kappa shape index (κ1) is 15.8. The van der Waals surface area contributed by atoms with Crippen LogP contribution < -0.4 is 27.1 Å². The SMILES string of the molecule is CC(C)[C@H](C)Nc1c(Nc2cn(C)c(=O)cc2O)c(=O)c1=O. The number of hydrogen-bond donors (Lipinski definition) is 3. The van der Waals surface area contributed by atoms with Crippen LogP contribution in [-0.2, 0) is 7.05 Å². The minimum atomic E-state index is -0.647. The molecule has 0 amide bonds. The van der Waals surface area contributed by atoms with Crippen molar-refractivity contribution in [3.05, 3.63) is 43.1 Å². The molecular weight excluding hydrogens is 286 g/mol. The Kier molecular flexibility index (Phi) is 4.07. The Morgan fingerprint density at radius 2 is 1.68 bits per heavy atom. The van der Waals surface area contributed by atoms with Gasteiger partial charge >= 0.3 is 0 Å². The van der Waals surface area contributed by atoms with Crippen molar-refractivity contribution in [1.82, 2.24) is 4.57 Å². The fourth-order valence-electron chi connectivity index (χ4n) is 1.89. The lowest BCUT2D eigenvalue weighted by molar-refractivity contribution is 0.474. The van der Waals surface area contributed by atoms with E-state index in [0.29, 0.717) is 0 Å². The quantitative estimate of drug-likeness (QED) is 0.709. The van der Waals surface area contributed by atoms with Crippen LogP contribution in [0.2, 0.25) is 0 Å². The average Bonchev–Trinajstić information content (AvgIpc) is 2.46. The molecule has 1 aromatic carbocycles. The number of rotatable bonds is 5. The molecule has 0 saturated carbocycles. The van der Waals surface area contributed by atoms with Gasteiger partial charge in [0.15, 0.2) is 0 Å². The summed E-state index contributed by atoms with van der Waals surface area (Å²) < 4.78 is 1.26. The molecule has 1 heterocycles. The van der Waals surface area contributed by atoms with Gasteiger partial charge in [-0.25, -0.2) is 0 Å². The summed E-state index contributed by atoms with van der Waals surface area (Å²) in [6.45, 7) is 5.90. The first-order valence-corrected chi connectivity index (χ1v) is 6.99. The van der Waals surface area contributed by atoms with E-state index in [1.807, 2.05) is 20.8 Å². The van der Waals surface area contributed by atoms with Crippen LogP contribution in [0.4, 0.5) is 17.1 Å². The number of aromatic nitrogens is 1. The molecule has 22 heavy (non-hydrogen) atoms. The van der Waals surface area contributed by atoms with Crippen molar-refractivity contribution in [3.8, 4) is 5.75 Å². The van der Waals surface area contributed by atoms with Crippen LogP contribution in [-0.4, -0.2) is 15.7 Å². The summed E-state index contributed by atoms with van der Waals surface area (Å²) in [7, 11) is 1.52. The van der Waals surface area contributed by atoms with Gasteiger partial charge in [-0.05, 0) is 12.8 Å². The molecule has 0 bridgehead atoms. The molecule has 2 rings (SSSR count). The molecule has 0 aliphatic heterocycles. The van der Waals surface area contributed by atoms with Crippen molar-refractivity contribution in [1.29, 1.82) is 0 Å². The van der Waals surface area contributed by atoms with Crippen molar-refractivity contribution in [3.63, 3.8) is 0 Å². The second-order valence-corrected chi connectivity index (χ2v) is 5.73. The predicted octanol–water partition coefficient (Wildman–Crippen LogP) is 0.887. The van der Waals surface area contributed by atoms with Gasteiger partial charge in [0.25, 0.3) is 16.4 Å².